The van der Waals surface area contributed by atoms with Crippen molar-refractivity contribution in [2.75, 3.05) is 0 Å². The van der Waals surface area contributed by atoms with Gasteiger partial charge in [0.1, 0.15) is 18.2 Å². The Hall–Kier alpha value is -2.10. The van der Waals surface area contributed by atoms with E-state index in [-0.39, 0.29) is 11.4 Å². The molecule has 0 unspecified atom stereocenters. The van der Waals surface area contributed by atoms with Crippen LogP contribution in [0, 0.1) is 5.82 Å². The van der Waals surface area contributed by atoms with E-state index < -0.39 is 0 Å². The minimum Gasteiger partial charge on any atom is -0.488 e. The summed E-state index contributed by atoms with van der Waals surface area (Å²) < 4.78 is 19.4. The molecule has 0 fully saturated rings. The minimum absolute atomic E-state index is 0.0362. The van der Waals surface area contributed by atoms with E-state index in [0.717, 1.165) is 23.3 Å². The molecule has 0 aliphatic rings. The molecule has 0 spiro atoms. The number of nitrogens with one attached hydrogen (secondary N) is 1. The Morgan fingerprint density at radius 1 is 1.07 bits per heavy atom. The molecule has 3 rings (SSSR count). The van der Waals surface area contributed by atoms with Crippen LogP contribution < -0.4 is 10.1 Å². The van der Waals surface area contributed by atoms with Crippen LogP contribution in [0.3, 0.4) is 0 Å². The third kappa shape index (κ3) is 4.79. The van der Waals surface area contributed by atoms with Crippen LogP contribution in [0.1, 0.15) is 38.3 Å². The monoisotopic (exact) mass is 385 g/mol. The fourth-order valence-corrected chi connectivity index (χ4v) is 3.10. The zero-order valence-electron chi connectivity index (χ0n) is 16.0. The maximum Gasteiger partial charge on any atom is 0.124 e. The van der Waals surface area contributed by atoms with Crippen LogP contribution in [-0.4, -0.2) is 5.54 Å². The third-order valence-corrected chi connectivity index (χ3v) is 5.38. The highest BCUT2D eigenvalue weighted by atomic mass is 35.5. The Morgan fingerprint density at radius 2 is 1.85 bits per heavy atom. The van der Waals surface area contributed by atoms with Crippen LogP contribution >= 0.6 is 11.6 Å². The summed E-state index contributed by atoms with van der Waals surface area (Å²) in [6, 6.07) is 16.7. The standard InChI is InChI=1S/C23H25ClFNO/c1-4-23(2,3)26-14-20-19-8-6-5-7-16(19)10-12-22(20)27-15-17-9-11-18(25)13-21(17)24/h5-13,26H,4,14-15H2,1-3H3. The van der Waals surface area contributed by atoms with Gasteiger partial charge in [0.05, 0.1) is 5.02 Å². The van der Waals surface area contributed by atoms with Crippen molar-refractivity contribution in [3.63, 3.8) is 0 Å². The van der Waals surface area contributed by atoms with E-state index in [1.54, 1.807) is 6.07 Å². The molecule has 0 saturated carbocycles. The van der Waals surface area contributed by atoms with Gasteiger partial charge in [0, 0.05) is 23.2 Å². The number of benzene rings is 3. The van der Waals surface area contributed by atoms with Crippen LogP contribution in [0.2, 0.25) is 5.02 Å². The molecule has 0 aliphatic heterocycles. The Bertz CT molecular complexity index is 939. The number of hydrogen-bond donors (Lipinski definition) is 1. The smallest absolute Gasteiger partial charge is 0.124 e. The molecule has 0 atom stereocenters. The molecule has 0 amide bonds. The van der Waals surface area contributed by atoms with E-state index >= 15 is 0 Å². The fourth-order valence-electron chi connectivity index (χ4n) is 2.88. The number of halogens is 2. The van der Waals surface area contributed by atoms with Crippen molar-refractivity contribution in [3.8, 4) is 5.75 Å². The molecule has 4 heteroatoms. The van der Waals surface area contributed by atoms with E-state index in [1.165, 1.54) is 22.9 Å². The second-order valence-corrected chi connectivity index (χ2v) is 7.79. The molecule has 0 aromatic heterocycles. The van der Waals surface area contributed by atoms with Gasteiger partial charge in [-0.05, 0) is 49.2 Å². The second-order valence-electron chi connectivity index (χ2n) is 7.38. The first-order valence-corrected chi connectivity index (χ1v) is 9.60. The zero-order valence-corrected chi connectivity index (χ0v) is 16.7. The van der Waals surface area contributed by atoms with Crippen LogP contribution in [0.4, 0.5) is 4.39 Å². The van der Waals surface area contributed by atoms with Crippen molar-refractivity contribution in [1.82, 2.24) is 5.32 Å². The molecular formula is C23H25ClFNO. The predicted molar refractivity (Wildman–Crippen MR) is 111 cm³/mol. The van der Waals surface area contributed by atoms with Crippen molar-refractivity contribution >= 4 is 22.4 Å². The quantitative estimate of drug-likeness (QED) is 0.501. The van der Waals surface area contributed by atoms with Gasteiger partial charge < -0.3 is 10.1 Å². The van der Waals surface area contributed by atoms with Gasteiger partial charge in [-0.1, -0.05) is 54.9 Å². The van der Waals surface area contributed by atoms with Crippen LogP contribution in [0.5, 0.6) is 5.75 Å². The summed E-state index contributed by atoms with van der Waals surface area (Å²) in [5.41, 5.74) is 1.92. The Balaban J connectivity index is 1.90. The van der Waals surface area contributed by atoms with E-state index in [9.17, 15) is 4.39 Å². The Kier molecular flexibility index (Phi) is 6.03. The summed E-state index contributed by atoms with van der Waals surface area (Å²) >= 11 is 6.14. The predicted octanol–water partition coefficient (Wildman–Crippen LogP) is 6.49. The maximum atomic E-state index is 13.3. The van der Waals surface area contributed by atoms with Crippen LogP contribution in [0.25, 0.3) is 10.8 Å². The van der Waals surface area contributed by atoms with Gasteiger partial charge in [-0.3, -0.25) is 0 Å². The zero-order chi connectivity index (χ0) is 19.4. The summed E-state index contributed by atoms with van der Waals surface area (Å²) in [5, 5.41) is 6.34. The summed E-state index contributed by atoms with van der Waals surface area (Å²) in [5.74, 6) is 0.467. The molecule has 142 valence electrons. The van der Waals surface area contributed by atoms with Gasteiger partial charge in [0.15, 0.2) is 0 Å². The van der Waals surface area contributed by atoms with Crippen molar-refractivity contribution in [2.24, 2.45) is 0 Å². The van der Waals surface area contributed by atoms with Crippen LogP contribution in [-0.2, 0) is 13.2 Å². The van der Waals surface area contributed by atoms with Gasteiger partial charge in [0.25, 0.3) is 0 Å². The number of fused-ring (bicyclic) bond motifs is 1. The SMILES string of the molecule is CCC(C)(C)NCc1c(OCc2ccc(F)cc2Cl)ccc2ccccc12. The van der Waals surface area contributed by atoms with E-state index in [4.69, 9.17) is 16.3 Å². The van der Waals surface area contributed by atoms with Crippen molar-refractivity contribution in [1.29, 1.82) is 0 Å². The largest absolute Gasteiger partial charge is 0.488 e. The maximum absolute atomic E-state index is 13.3. The molecule has 0 saturated heterocycles. The molecule has 0 bridgehead atoms. The lowest BCUT2D eigenvalue weighted by atomic mass is 9.99. The number of rotatable bonds is 7. The Morgan fingerprint density at radius 3 is 2.59 bits per heavy atom. The molecule has 1 N–H and O–H groups in total. The lowest BCUT2D eigenvalue weighted by Gasteiger charge is -2.26. The van der Waals surface area contributed by atoms with Gasteiger partial charge in [-0.2, -0.15) is 0 Å². The molecule has 3 aromatic carbocycles. The van der Waals surface area contributed by atoms with Crippen molar-refractivity contribution < 1.29 is 9.13 Å². The molecule has 0 aliphatic carbocycles. The Labute approximate surface area is 165 Å². The molecule has 27 heavy (non-hydrogen) atoms. The van der Waals surface area contributed by atoms with Gasteiger partial charge in [-0.15, -0.1) is 0 Å². The topological polar surface area (TPSA) is 21.3 Å². The summed E-state index contributed by atoms with van der Waals surface area (Å²) in [6.07, 6.45) is 1.03. The normalized spacial score (nSPS) is 11.7. The molecule has 0 radical (unpaired) electrons. The summed E-state index contributed by atoms with van der Waals surface area (Å²) in [4.78, 5) is 0. The van der Waals surface area contributed by atoms with E-state index in [1.807, 2.05) is 18.2 Å². The molecular weight excluding hydrogens is 361 g/mol. The number of hydrogen-bond acceptors (Lipinski definition) is 2. The molecule has 0 heterocycles. The first kappa shape index (κ1) is 19.7. The van der Waals surface area contributed by atoms with Crippen molar-refractivity contribution in [3.05, 3.63) is 76.6 Å². The van der Waals surface area contributed by atoms with E-state index in [2.05, 4.69) is 44.3 Å². The van der Waals surface area contributed by atoms with Crippen LogP contribution in [0.15, 0.2) is 54.6 Å². The molecule has 2 nitrogen and oxygen atoms in total. The highest BCUT2D eigenvalue weighted by Gasteiger charge is 2.17. The number of ether oxygens (including phenoxy) is 1. The average molecular weight is 386 g/mol. The summed E-state index contributed by atoms with van der Waals surface area (Å²) in [6.45, 7) is 7.55. The van der Waals surface area contributed by atoms with Crippen molar-refractivity contribution in [2.45, 2.75) is 45.9 Å². The highest BCUT2D eigenvalue weighted by Crippen LogP contribution is 2.30. The lowest BCUT2D eigenvalue weighted by Crippen LogP contribution is -2.37. The second kappa shape index (κ2) is 8.28. The minimum atomic E-state index is -0.346. The average Bonchev–Trinajstić information content (AvgIpc) is 2.66. The van der Waals surface area contributed by atoms with Gasteiger partial charge in [0.2, 0.25) is 0 Å². The lowest BCUT2D eigenvalue weighted by molar-refractivity contribution is 0.299. The molecule has 3 aromatic rings. The first-order valence-electron chi connectivity index (χ1n) is 9.22. The fraction of sp³-hybridized carbons (Fsp3) is 0.304. The van der Waals surface area contributed by atoms with Gasteiger partial charge in [-0.25, -0.2) is 4.39 Å². The first-order chi connectivity index (χ1) is 12.9. The third-order valence-electron chi connectivity index (χ3n) is 5.02. The highest BCUT2D eigenvalue weighted by molar-refractivity contribution is 6.31. The van der Waals surface area contributed by atoms with E-state index in [0.29, 0.717) is 18.2 Å². The van der Waals surface area contributed by atoms with Gasteiger partial charge >= 0.3 is 0 Å². The summed E-state index contributed by atoms with van der Waals surface area (Å²) in [7, 11) is 0.